The molecule has 2 rings (SSSR count). The van der Waals surface area contributed by atoms with Gasteiger partial charge in [0.25, 0.3) is 0 Å². The summed E-state index contributed by atoms with van der Waals surface area (Å²) in [7, 11) is 0. The maximum atomic E-state index is 13.6. The van der Waals surface area contributed by atoms with Gasteiger partial charge in [-0.15, -0.1) is 0 Å². The van der Waals surface area contributed by atoms with Crippen molar-refractivity contribution in [1.82, 2.24) is 4.90 Å². The van der Waals surface area contributed by atoms with Crippen molar-refractivity contribution < 1.29 is 19.0 Å². The summed E-state index contributed by atoms with van der Waals surface area (Å²) in [6.07, 6.45) is 0.709. The van der Waals surface area contributed by atoms with Gasteiger partial charge in [-0.2, -0.15) is 0 Å². The molecule has 0 aliphatic heterocycles. The molecule has 0 fully saturated rings. The molecule has 6 heteroatoms. The normalized spacial score (nSPS) is 13.4. The molecule has 140 valence electrons. The van der Waals surface area contributed by atoms with Crippen LogP contribution in [0.1, 0.15) is 20.3 Å². The third-order valence-electron chi connectivity index (χ3n) is 3.99. The Morgan fingerprint density at radius 1 is 1.19 bits per heavy atom. The Morgan fingerprint density at radius 3 is 2.50 bits per heavy atom. The molecule has 0 amide bonds. The van der Waals surface area contributed by atoms with Crippen molar-refractivity contribution >= 4 is 17.7 Å². The minimum atomic E-state index is -0.875. The molecule has 0 spiro atoms. The van der Waals surface area contributed by atoms with Gasteiger partial charge in [-0.3, -0.25) is 9.69 Å². The van der Waals surface area contributed by atoms with E-state index in [9.17, 15) is 14.3 Å². The summed E-state index contributed by atoms with van der Waals surface area (Å²) in [6, 6.07) is 15.6. The fourth-order valence-corrected chi connectivity index (χ4v) is 4.04. The van der Waals surface area contributed by atoms with E-state index in [2.05, 4.69) is 0 Å². The van der Waals surface area contributed by atoms with Gasteiger partial charge in [0, 0.05) is 4.90 Å². The van der Waals surface area contributed by atoms with E-state index >= 15 is 0 Å². The number of nitrogens with zero attached hydrogens (tertiary/aromatic N) is 1. The molecule has 2 atom stereocenters. The lowest BCUT2D eigenvalue weighted by molar-refractivity contribution is -0.139. The molecule has 4 nitrogen and oxygen atoms in total. The van der Waals surface area contributed by atoms with E-state index in [0.29, 0.717) is 18.7 Å². The molecule has 1 N–H and O–H groups in total. The molecule has 0 saturated carbocycles. The largest absolute Gasteiger partial charge is 0.480 e. The van der Waals surface area contributed by atoms with Gasteiger partial charge in [0.2, 0.25) is 0 Å². The first-order valence-corrected chi connectivity index (χ1v) is 9.51. The molecule has 2 aromatic rings. The number of carbonyl (C=O) groups is 1. The number of carboxylic acids is 1. The minimum absolute atomic E-state index is 0.0621. The molecule has 0 aliphatic carbocycles. The number of benzene rings is 2. The predicted molar refractivity (Wildman–Crippen MR) is 102 cm³/mol. The van der Waals surface area contributed by atoms with Crippen molar-refractivity contribution in [2.45, 2.75) is 36.6 Å². The molecule has 0 bridgehead atoms. The molecule has 2 aromatic carbocycles. The van der Waals surface area contributed by atoms with Crippen LogP contribution in [-0.2, 0) is 4.79 Å². The van der Waals surface area contributed by atoms with E-state index in [0.717, 1.165) is 4.90 Å². The summed E-state index contributed by atoms with van der Waals surface area (Å²) in [5.74, 6) is -0.481. The molecule has 0 saturated heterocycles. The number of halogens is 1. The lowest BCUT2D eigenvalue weighted by atomic mass is 10.2. The number of rotatable bonds is 10. The van der Waals surface area contributed by atoms with Gasteiger partial charge < -0.3 is 9.84 Å². The highest BCUT2D eigenvalue weighted by Crippen LogP contribution is 2.31. The van der Waals surface area contributed by atoms with E-state index in [1.165, 1.54) is 23.9 Å². The maximum Gasteiger partial charge on any atom is 0.317 e. The summed E-state index contributed by atoms with van der Waals surface area (Å²) in [5, 5.41) is 9.22. The molecule has 0 heterocycles. The fourth-order valence-electron chi connectivity index (χ4n) is 2.75. The molecular formula is C20H24FNO3S. The Bertz CT molecular complexity index is 698. The van der Waals surface area contributed by atoms with E-state index < -0.39 is 5.97 Å². The smallest absolute Gasteiger partial charge is 0.317 e. The highest BCUT2D eigenvalue weighted by Gasteiger charge is 2.29. The number of carboxylic acid groups (broad SMARTS) is 1. The summed E-state index contributed by atoms with van der Waals surface area (Å²) in [4.78, 5) is 13.9. The first-order chi connectivity index (χ1) is 12.5. The fraction of sp³-hybridized carbons (Fsp3) is 0.350. The number of hydrogen-bond acceptors (Lipinski definition) is 4. The maximum absolute atomic E-state index is 13.6. The van der Waals surface area contributed by atoms with Crippen LogP contribution in [-0.4, -0.2) is 40.5 Å². The second kappa shape index (κ2) is 10.2. The van der Waals surface area contributed by atoms with Crippen molar-refractivity contribution in [2.24, 2.45) is 0 Å². The van der Waals surface area contributed by atoms with Crippen LogP contribution in [0.4, 0.5) is 4.39 Å². The summed E-state index contributed by atoms with van der Waals surface area (Å²) < 4.78 is 19.8. The Labute approximate surface area is 158 Å². The summed E-state index contributed by atoms with van der Waals surface area (Å²) in [5.41, 5.74) is -0.372. The number of para-hydroxylation sites is 1. The van der Waals surface area contributed by atoms with E-state index in [1.54, 1.807) is 6.07 Å². The van der Waals surface area contributed by atoms with Gasteiger partial charge in [0.05, 0.1) is 12.6 Å². The van der Waals surface area contributed by atoms with Crippen LogP contribution in [0.15, 0.2) is 59.5 Å². The number of hydrogen-bond donors (Lipinski definition) is 1. The van der Waals surface area contributed by atoms with Crippen LogP contribution in [0, 0.1) is 5.82 Å². The standard InChI is InChI=1S/C20H24FNO3S/c1-3-18(22(4-2)14-19(23)24)20(25-16-10-6-5-7-11-16)26-17-12-8-9-15(21)13-17/h5-13,18,20H,3-4,14H2,1-2H3,(H,23,24)/t18-,20+/m1/s1. The number of likely N-dealkylation sites (N-methyl/N-ethyl adjacent to an activating group) is 1. The lowest BCUT2D eigenvalue weighted by Crippen LogP contribution is -2.46. The predicted octanol–water partition coefficient (Wildman–Crippen LogP) is 4.51. The van der Waals surface area contributed by atoms with E-state index in [1.807, 2.05) is 55.1 Å². The summed E-state index contributed by atoms with van der Waals surface area (Å²) in [6.45, 7) is 4.46. The van der Waals surface area contributed by atoms with Crippen LogP contribution < -0.4 is 4.74 Å². The first kappa shape index (κ1) is 20.3. The highest BCUT2D eigenvalue weighted by atomic mass is 32.2. The molecule has 0 radical (unpaired) electrons. The molecule has 26 heavy (non-hydrogen) atoms. The number of aliphatic carboxylic acids is 1. The van der Waals surface area contributed by atoms with Crippen LogP contribution in [0.5, 0.6) is 5.75 Å². The van der Waals surface area contributed by atoms with E-state index in [-0.39, 0.29) is 23.8 Å². The number of ether oxygens (including phenoxy) is 1. The molecular weight excluding hydrogens is 353 g/mol. The topological polar surface area (TPSA) is 49.8 Å². The van der Waals surface area contributed by atoms with Crippen LogP contribution in [0.25, 0.3) is 0 Å². The highest BCUT2D eigenvalue weighted by molar-refractivity contribution is 7.99. The van der Waals surface area contributed by atoms with Gasteiger partial charge in [0.15, 0.2) is 5.44 Å². The second-order valence-electron chi connectivity index (χ2n) is 5.81. The van der Waals surface area contributed by atoms with Crippen LogP contribution in [0.2, 0.25) is 0 Å². The Balaban J connectivity index is 2.28. The van der Waals surface area contributed by atoms with Crippen molar-refractivity contribution in [2.75, 3.05) is 13.1 Å². The third-order valence-corrected chi connectivity index (χ3v) is 5.16. The monoisotopic (exact) mass is 377 g/mol. The van der Waals surface area contributed by atoms with Gasteiger partial charge in [-0.05, 0) is 43.3 Å². The lowest BCUT2D eigenvalue weighted by Gasteiger charge is -2.34. The third kappa shape index (κ3) is 6.04. The van der Waals surface area contributed by atoms with Gasteiger partial charge in [0.1, 0.15) is 11.6 Å². The van der Waals surface area contributed by atoms with Crippen molar-refractivity contribution in [3.05, 3.63) is 60.4 Å². The van der Waals surface area contributed by atoms with Crippen LogP contribution in [0.3, 0.4) is 0 Å². The second-order valence-corrected chi connectivity index (χ2v) is 6.98. The van der Waals surface area contributed by atoms with Gasteiger partial charge in [-0.25, -0.2) is 4.39 Å². The van der Waals surface area contributed by atoms with Crippen molar-refractivity contribution in [3.8, 4) is 5.75 Å². The summed E-state index contributed by atoms with van der Waals surface area (Å²) >= 11 is 1.40. The zero-order valence-corrected chi connectivity index (χ0v) is 15.8. The Kier molecular flexibility index (Phi) is 7.94. The van der Waals surface area contributed by atoms with Crippen LogP contribution >= 0.6 is 11.8 Å². The molecule has 0 unspecified atom stereocenters. The first-order valence-electron chi connectivity index (χ1n) is 8.63. The van der Waals surface area contributed by atoms with Crippen molar-refractivity contribution in [1.29, 1.82) is 0 Å². The molecule has 0 aliphatic rings. The molecule has 0 aromatic heterocycles. The van der Waals surface area contributed by atoms with Crippen molar-refractivity contribution in [3.63, 3.8) is 0 Å². The Morgan fingerprint density at radius 2 is 1.92 bits per heavy atom. The SMILES string of the molecule is CC[C@H]([C@@H](Oc1ccccc1)Sc1cccc(F)c1)N(CC)CC(=O)O. The minimum Gasteiger partial charge on any atom is -0.480 e. The quantitative estimate of drug-likeness (QED) is 0.488. The zero-order chi connectivity index (χ0) is 18.9. The van der Waals surface area contributed by atoms with E-state index in [4.69, 9.17) is 4.74 Å². The Hall–Kier alpha value is -2.05. The number of thioether (sulfide) groups is 1. The average Bonchev–Trinajstić information content (AvgIpc) is 2.62. The van der Waals surface area contributed by atoms with Gasteiger partial charge in [-0.1, -0.05) is 49.9 Å². The average molecular weight is 377 g/mol. The van der Waals surface area contributed by atoms with Gasteiger partial charge >= 0.3 is 5.97 Å². The zero-order valence-electron chi connectivity index (χ0n) is 15.0.